The van der Waals surface area contributed by atoms with E-state index < -0.39 is 5.82 Å². The molecule has 0 aliphatic heterocycles. The Bertz CT molecular complexity index is 828. The van der Waals surface area contributed by atoms with Crippen LogP contribution in [0.25, 0.3) is 11.0 Å². The van der Waals surface area contributed by atoms with Crippen LogP contribution < -0.4 is 5.32 Å². The minimum absolute atomic E-state index is 0.278. The van der Waals surface area contributed by atoms with E-state index in [1.54, 1.807) is 23.9 Å². The summed E-state index contributed by atoms with van der Waals surface area (Å²) in [5.74, 6) is 0.181. The number of amides is 1. The molecule has 0 saturated carbocycles. The number of hydrogen-bond donors (Lipinski definition) is 1. The van der Waals surface area contributed by atoms with Gasteiger partial charge in [0.1, 0.15) is 11.4 Å². The lowest BCUT2D eigenvalue weighted by Gasteiger charge is -2.05. The van der Waals surface area contributed by atoms with Gasteiger partial charge in [-0.05, 0) is 30.5 Å². The average molecular weight is 315 g/mol. The molecule has 0 atom stereocenters. The number of rotatable bonds is 4. The molecule has 0 fully saturated rings. The maximum absolute atomic E-state index is 13.2. The van der Waals surface area contributed by atoms with Gasteiger partial charge in [-0.15, -0.1) is 0 Å². The Morgan fingerprint density at radius 1 is 1.23 bits per heavy atom. The van der Waals surface area contributed by atoms with E-state index >= 15 is 0 Å². The van der Waals surface area contributed by atoms with Crippen molar-refractivity contribution < 1.29 is 13.6 Å². The zero-order valence-electron chi connectivity index (χ0n) is 11.9. The highest BCUT2D eigenvalue weighted by molar-refractivity contribution is 7.97. The largest absolute Gasteiger partial charge is 0.451 e. The minimum Gasteiger partial charge on any atom is -0.451 e. The second-order valence-electron chi connectivity index (χ2n) is 4.80. The van der Waals surface area contributed by atoms with Crippen LogP contribution in [0.2, 0.25) is 0 Å². The molecule has 2 aromatic carbocycles. The second kappa shape index (κ2) is 6.23. The van der Waals surface area contributed by atoms with Gasteiger partial charge in [-0.3, -0.25) is 4.79 Å². The summed E-state index contributed by atoms with van der Waals surface area (Å²) < 4.78 is 18.9. The van der Waals surface area contributed by atoms with Gasteiger partial charge in [-0.25, -0.2) is 4.39 Å². The van der Waals surface area contributed by atoms with Crippen molar-refractivity contribution in [2.45, 2.75) is 5.75 Å². The van der Waals surface area contributed by atoms with E-state index in [1.807, 2.05) is 30.5 Å². The van der Waals surface area contributed by atoms with Gasteiger partial charge >= 0.3 is 0 Å². The maximum atomic E-state index is 13.2. The van der Waals surface area contributed by atoms with Crippen LogP contribution in [0.3, 0.4) is 0 Å². The molecule has 0 spiro atoms. The molecule has 5 heteroatoms. The first-order valence-electron chi connectivity index (χ1n) is 6.75. The molecule has 0 radical (unpaired) electrons. The van der Waals surface area contributed by atoms with Crippen molar-refractivity contribution in [2.24, 2.45) is 0 Å². The molecule has 1 heterocycles. The highest BCUT2D eigenvalue weighted by Gasteiger charge is 2.20. The molecular formula is C17H14FNO2S. The zero-order valence-corrected chi connectivity index (χ0v) is 12.7. The number of benzene rings is 2. The number of fused-ring (bicyclic) bond motifs is 1. The van der Waals surface area contributed by atoms with Gasteiger partial charge in [0.05, 0.1) is 0 Å². The summed E-state index contributed by atoms with van der Waals surface area (Å²) in [6.07, 6.45) is 1.97. The van der Waals surface area contributed by atoms with Crippen LogP contribution in [-0.4, -0.2) is 12.2 Å². The van der Waals surface area contributed by atoms with Gasteiger partial charge in [0.25, 0.3) is 5.91 Å². The number of anilines is 1. The average Bonchev–Trinajstić information content (AvgIpc) is 2.87. The summed E-state index contributed by atoms with van der Waals surface area (Å²) in [4.78, 5) is 12.5. The molecule has 0 aliphatic rings. The Balaban J connectivity index is 1.98. The molecule has 112 valence electrons. The zero-order chi connectivity index (χ0) is 15.5. The summed E-state index contributed by atoms with van der Waals surface area (Å²) in [6, 6.07) is 13.3. The minimum atomic E-state index is -0.397. The second-order valence-corrected chi connectivity index (χ2v) is 5.67. The third kappa shape index (κ3) is 2.85. The van der Waals surface area contributed by atoms with Crippen molar-refractivity contribution in [1.82, 2.24) is 0 Å². The van der Waals surface area contributed by atoms with Crippen molar-refractivity contribution in [3.63, 3.8) is 0 Å². The first-order valence-corrected chi connectivity index (χ1v) is 8.14. The van der Waals surface area contributed by atoms with Crippen LogP contribution in [0.4, 0.5) is 10.1 Å². The molecule has 0 unspecified atom stereocenters. The van der Waals surface area contributed by atoms with E-state index in [9.17, 15) is 9.18 Å². The third-order valence-electron chi connectivity index (χ3n) is 3.28. The predicted octanol–water partition coefficient (Wildman–Crippen LogP) is 4.69. The first-order chi connectivity index (χ1) is 10.7. The van der Waals surface area contributed by atoms with Gasteiger partial charge in [0.2, 0.25) is 0 Å². The van der Waals surface area contributed by atoms with E-state index in [2.05, 4.69) is 5.32 Å². The van der Waals surface area contributed by atoms with Crippen LogP contribution in [-0.2, 0) is 5.75 Å². The van der Waals surface area contributed by atoms with Crippen LogP contribution in [0.5, 0.6) is 0 Å². The van der Waals surface area contributed by atoms with Crippen LogP contribution in [0.1, 0.15) is 16.1 Å². The van der Waals surface area contributed by atoms with Gasteiger partial charge in [-0.2, -0.15) is 11.8 Å². The van der Waals surface area contributed by atoms with Crippen LogP contribution in [0.15, 0.2) is 52.9 Å². The highest BCUT2D eigenvalue weighted by atomic mass is 32.2. The van der Waals surface area contributed by atoms with Crippen molar-refractivity contribution in [2.75, 3.05) is 11.6 Å². The number of para-hydroxylation sites is 1. The van der Waals surface area contributed by atoms with E-state index in [0.717, 1.165) is 10.9 Å². The number of halogens is 1. The fourth-order valence-electron chi connectivity index (χ4n) is 2.32. The standard InChI is InChI=1S/C17H14FNO2S/c1-22-10-14-13-7-2-3-8-15(13)21-16(14)17(20)19-12-6-4-5-11(18)9-12/h2-9H,10H2,1H3,(H,19,20). The number of thioether (sulfide) groups is 1. The summed E-state index contributed by atoms with van der Waals surface area (Å²) in [7, 11) is 0. The number of carbonyl (C=O) groups is 1. The fraction of sp³-hybridized carbons (Fsp3) is 0.118. The molecule has 3 aromatic rings. The quantitative estimate of drug-likeness (QED) is 0.759. The van der Waals surface area contributed by atoms with E-state index in [1.165, 1.54) is 12.1 Å². The molecule has 1 amide bonds. The molecule has 1 N–H and O–H groups in total. The number of nitrogens with one attached hydrogen (secondary N) is 1. The summed E-state index contributed by atoms with van der Waals surface area (Å²) in [5, 5.41) is 3.61. The van der Waals surface area contributed by atoms with Gasteiger partial charge in [0.15, 0.2) is 5.76 Å². The van der Waals surface area contributed by atoms with Crippen LogP contribution >= 0.6 is 11.8 Å². The van der Waals surface area contributed by atoms with Crippen molar-refractivity contribution in [1.29, 1.82) is 0 Å². The van der Waals surface area contributed by atoms with E-state index in [4.69, 9.17) is 4.42 Å². The monoisotopic (exact) mass is 315 g/mol. The molecule has 0 aliphatic carbocycles. The number of carbonyl (C=O) groups excluding carboxylic acids is 1. The van der Waals surface area contributed by atoms with Gasteiger partial charge in [-0.1, -0.05) is 24.3 Å². The van der Waals surface area contributed by atoms with Crippen molar-refractivity contribution >= 4 is 34.3 Å². The Morgan fingerprint density at radius 3 is 2.82 bits per heavy atom. The Hall–Kier alpha value is -2.27. The lowest BCUT2D eigenvalue weighted by Crippen LogP contribution is -2.12. The molecular weight excluding hydrogens is 301 g/mol. The van der Waals surface area contributed by atoms with Gasteiger partial charge in [0, 0.05) is 22.4 Å². The van der Waals surface area contributed by atoms with Gasteiger partial charge < -0.3 is 9.73 Å². The molecule has 3 rings (SSSR count). The molecule has 3 nitrogen and oxygen atoms in total. The smallest absolute Gasteiger partial charge is 0.291 e. The molecule has 22 heavy (non-hydrogen) atoms. The Labute approximate surface area is 131 Å². The normalized spacial score (nSPS) is 10.8. The molecule has 0 saturated heterocycles. The number of furan rings is 1. The third-order valence-corrected chi connectivity index (χ3v) is 3.85. The number of hydrogen-bond acceptors (Lipinski definition) is 3. The maximum Gasteiger partial charge on any atom is 0.291 e. The Morgan fingerprint density at radius 2 is 2.05 bits per heavy atom. The van der Waals surface area contributed by atoms with E-state index in [0.29, 0.717) is 17.0 Å². The van der Waals surface area contributed by atoms with Crippen molar-refractivity contribution in [3.8, 4) is 0 Å². The lowest BCUT2D eigenvalue weighted by atomic mass is 10.1. The fourth-order valence-corrected chi connectivity index (χ4v) is 2.90. The van der Waals surface area contributed by atoms with Crippen LogP contribution in [0, 0.1) is 5.82 Å². The Kier molecular flexibility index (Phi) is 4.15. The SMILES string of the molecule is CSCc1c(C(=O)Nc2cccc(F)c2)oc2ccccc12. The summed E-state index contributed by atoms with van der Waals surface area (Å²) in [5.41, 5.74) is 1.94. The van der Waals surface area contributed by atoms with Crippen molar-refractivity contribution in [3.05, 3.63) is 65.7 Å². The lowest BCUT2D eigenvalue weighted by molar-refractivity contribution is 0.0998. The van der Waals surface area contributed by atoms with E-state index in [-0.39, 0.29) is 11.7 Å². The molecule has 0 bridgehead atoms. The first kappa shape index (κ1) is 14.7. The topological polar surface area (TPSA) is 42.2 Å². The highest BCUT2D eigenvalue weighted by Crippen LogP contribution is 2.29. The summed E-state index contributed by atoms with van der Waals surface area (Å²) >= 11 is 1.61. The summed E-state index contributed by atoms with van der Waals surface area (Å²) in [6.45, 7) is 0. The molecule has 1 aromatic heterocycles. The predicted molar refractivity (Wildman–Crippen MR) is 87.8 cm³/mol.